The molecular weight excluding hydrogens is 803 g/mol. The molecule has 9 N–H and O–H groups in total. The van der Waals surface area contributed by atoms with Gasteiger partial charge >= 0.3 is 6.09 Å². The summed E-state index contributed by atoms with van der Waals surface area (Å²) in [5.74, 6) is -2.00. The van der Waals surface area contributed by atoms with Gasteiger partial charge in [0.2, 0.25) is 17.7 Å². The smallest absolute Gasteiger partial charge is 0.417 e. The molecule has 0 aliphatic rings. The molecule has 4 atom stereocenters. The predicted octanol–water partition coefficient (Wildman–Crippen LogP) is 5.59. The molecule has 342 valence electrons. The molecule has 5 amide bonds. The molecular formula is C48H67N7O8. The number of imide groups is 1. The third-order valence-electron chi connectivity index (χ3n) is 9.67. The number of hydrogen-bond acceptors (Lipinski definition) is 10. The highest BCUT2D eigenvalue weighted by Gasteiger charge is 2.42. The third-order valence-corrected chi connectivity index (χ3v) is 9.67. The minimum atomic E-state index is -1.51. The lowest BCUT2D eigenvalue weighted by Crippen LogP contribution is -2.61. The van der Waals surface area contributed by atoms with E-state index in [4.69, 9.17) is 31.4 Å². The number of nitrogens with two attached hydrogens (primary N) is 3. The van der Waals surface area contributed by atoms with Gasteiger partial charge in [-0.25, -0.2) is 9.69 Å². The Labute approximate surface area is 371 Å². The van der Waals surface area contributed by atoms with Gasteiger partial charge in [-0.1, -0.05) is 42.5 Å². The molecule has 0 saturated heterocycles. The Bertz CT molecular complexity index is 2170. The molecule has 1 heterocycles. The molecule has 0 bridgehead atoms. The van der Waals surface area contributed by atoms with E-state index in [1.807, 2.05) is 77.9 Å². The molecule has 0 aliphatic heterocycles. The number of primary amides is 1. The molecule has 15 heteroatoms. The summed E-state index contributed by atoms with van der Waals surface area (Å²) in [5.41, 5.74) is 19.1. The highest BCUT2D eigenvalue weighted by Crippen LogP contribution is 2.24. The number of para-hydroxylation sites is 1. The van der Waals surface area contributed by atoms with Gasteiger partial charge in [-0.05, 0) is 142 Å². The maximum Gasteiger partial charge on any atom is 0.417 e. The van der Waals surface area contributed by atoms with Gasteiger partial charge < -0.3 is 47.0 Å². The van der Waals surface area contributed by atoms with E-state index in [1.165, 1.54) is 0 Å². The van der Waals surface area contributed by atoms with E-state index < -0.39 is 70.7 Å². The van der Waals surface area contributed by atoms with Crippen LogP contribution in [0.25, 0.3) is 10.9 Å². The summed E-state index contributed by atoms with van der Waals surface area (Å²) in [4.78, 5) is 74.8. The van der Waals surface area contributed by atoms with Crippen LogP contribution in [0.4, 0.5) is 4.79 Å². The van der Waals surface area contributed by atoms with Crippen molar-refractivity contribution in [2.45, 2.75) is 142 Å². The number of ether oxygens (including phenoxy) is 3. The Morgan fingerprint density at radius 1 is 0.683 bits per heavy atom. The fourth-order valence-electron chi connectivity index (χ4n) is 6.88. The van der Waals surface area contributed by atoms with Crippen LogP contribution in [0, 0.1) is 0 Å². The van der Waals surface area contributed by atoms with Crippen molar-refractivity contribution in [1.29, 1.82) is 0 Å². The molecule has 0 fully saturated rings. The Balaban J connectivity index is 1.72. The molecule has 0 radical (unpaired) electrons. The van der Waals surface area contributed by atoms with Crippen molar-refractivity contribution < 1.29 is 38.2 Å². The molecule has 63 heavy (non-hydrogen) atoms. The van der Waals surface area contributed by atoms with Gasteiger partial charge in [0.15, 0.2) is 0 Å². The minimum Gasteiger partial charge on any atom is -0.488 e. The maximum atomic E-state index is 15.1. The number of nitrogens with one attached hydrogen (secondary N) is 3. The van der Waals surface area contributed by atoms with E-state index in [0.29, 0.717) is 29.9 Å². The van der Waals surface area contributed by atoms with Gasteiger partial charge in [0.05, 0.1) is 6.04 Å². The largest absolute Gasteiger partial charge is 0.488 e. The zero-order valence-electron chi connectivity index (χ0n) is 38.2. The van der Waals surface area contributed by atoms with Crippen LogP contribution in [-0.2, 0) is 43.2 Å². The average Bonchev–Trinajstić information content (AvgIpc) is 3.59. The summed E-state index contributed by atoms with van der Waals surface area (Å²) in [6, 6.07) is 16.4. The fraction of sp³-hybridized carbons (Fsp3) is 0.479. The van der Waals surface area contributed by atoms with Gasteiger partial charge in [0.25, 0.3) is 5.91 Å². The van der Waals surface area contributed by atoms with Crippen molar-refractivity contribution in [3.05, 3.63) is 95.7 Å². The normalized spacial score (nSPS) is 13.9. The third kappa shape index (κ3) is 15.7. The zero-order chi connectivity index (χ0) is 46.7. The quantitative estimate of drug-likeness (QED) is 0.0639. The number of aromatic nitrogens is 1. The number of nitrogens with zero attached hydrogens (tertiary/aromatic N) is 1. The molecule has 1 aromatic heterocycles. The van der Waals surface area contributed by atoms with E-state index in [-0.39, 0.29) is 32.2 Å². The highest BCUT2D eigenvalue weighted by molar-refractivity contribution is 6.02. The second-order valence-electron chi connectivity index (χ2n) is 18.8. The average molecular weight is 870 g/mol. The van der Waals surface area contributed by atoms with E-state index in [0.717, 1.165) is 26.9 Å². The van der Waals surface area contributed by atoms with Crippen LogP contribution in [0.1, 0.15) is 98.3 Å². The van der Waals surface area contributed by atoms with Crippen LogP contribution < -0.4 is 37.3 Å². The van der Waals surface area contributed by atoms with E-state index in [2.05, 4.69) is 15.6 Å². The SMILES string of the molecule is CC(C)(C)OC(=O)N(C(=O)[C@H](Cc1ccc(OC(C)(C)C)cc1)NC(=O)[C@H](N)Cc1ccc(OC(C)(C)C)cc1)[C@@H](CCCCN)C(=O)N[C@@H](Cc1c[nH]c2ccccc12)C(N)=O. The van der Waals surface area contributed by atoms with Crippen molar-refractivity contribution in [2.24, 2.45) is 17.2 Å². The summed E-state index contributed by atoms with van der Waals surface area (Å²) in [6.07, 6.45) is 1.39. The summed E-state index contributed by atoms with van der Waals surface area (Å²) in [7, 11) is 0. The van der Waals surface area contributed by atoms with Gasteiger partial charge in [-0.3, -0.25) is 19.2 Å². The topological polar surface area (TPSA) is 234 Å². The van der Waals surface area contributed by atoms with E-state index in [9.17, 15) is 19.2 Å². The van der Waals surface area contributed by atoms with Gasteiger partial charge in [-0.15, -0.1) is 0 Å². The molecule has 4 rings (SSSR count). The monoisotopic (exact) mass is 870 g/mol. The summed E-state index contributed by atoms with van der Waals surface area (Å²) >= 11 is 0. The molecule has 0 aliphatic carbocycles. The first-order chi connectivity index (χ1) is 29.4. The Hall–Kier alpha value is -5.93. The number of aromatic amines is 1. The Kier molecular flexibility index (Phi) is 16.9. The van der Waals surface area contributed by atoms with Crippen LogP contribution in [-0.4, -0.2) is 87.1 Å². The van der Waals surface area contributed by atoms with Crippen molar-refractivity contribution in [2.75, 3.05) is 6.54 Å². The number of rotatable bonds is 19. The van der Waals surface area contributed by atoms with Crippen LogP contribution in [0.3, 0.4) is 0 Å². The van der Waals surface area contributed by atoms with Crippen LogP contribution >= 0.6 is 0 Å². The highest BCUT2D eigenvalue weighted by atomic mass is 16.6. The number of unbranched alkanes of at least 4 members (excludes halogenated alkanes) is 1. The number of fused-ring (bicyclic) bond motifs is 1. The molecule has 15 nitrogen and oxygen atoms in total. The van der Waals surface area contributed by atoms with Crippen LogP contribution in [0.2, 0.25) is 0 Å². The Morgan fingerprint density at radius 3 is 1.75 bits per heavy atom. The van der Waals surface area contributed by atoms with Crippen LogP contribution in [0.15, 0.2) is 79.0 Å². The lowest BCUT2D eigenvalue weighted by Gasteiger charge is -2.34. The first-order valence-electron chi connectivity index (χ1n) is 21.5. The predicted molar refractivity (Wildman–Crippen MR) is 244 cm³/mol. The van der Waals surface area contributed by atoms with Crippen molar-refractivity contribution in [3.63, 3.8) is 0 Å². The number of H-pyrrole nitrogens is 1. The van der Waals surface area contributed by atoms with Crippen molar-refractivity contribution >= 4 is 40.6 Å². The second kappa shape index (κ2) is 21.4. The summed E-state index contributed by atoms with van der Waals surface area (Å²) in [6.45, 7) is 16.7. The van der Waals surface area contributed by atoms with Gasteiger partial charge in [0.1, 0.15) is 46.4 Å². The number of carbonyl (C=O) groups is 5. The number of amides is 5. The number of benzene rings is 3. The lowest BCUT2D eigenvalue weighted by atomic mass is 9.99. The molecule has 3 aromatic carbocycles. The fourth-order valence-corrected chi connectivity index (χ4v) is 6.88. The summed E-state index contributed by atoms with van der Waals surface area (Å²) < 4.78 is 17.7. The Morgan fingerprint density at radius 2 is 1.22 bits per heavy atom. The number of hydrogen-bond donors (Lipinski definition) is 6. The molecule has 0 unspecified atom stereocenters. The minimum absolute atomic E-state index is 0.0266. The maximum absolute atomic E-state index is 15.1. The standard InChI is InChI=1S/C48H67N7O8/c1-46(2,3)61-33-21-17-30(18-22-33)26-36(50)42(57)54-39(27-31-19-23-34(24-20-31)62-47(4,5)6)44(59)55(45(60)63-48(7,8)9)40(16-12-13-25-49)43(58)53-38(41(51)56)28-32-29-52-37-15-11-10-14-35(32)37/h10-11,14-15,17-24,29,36,38-40,52H,12-13,16,25-28,49-50H2,1-9H3,(H2,51,56)(H,53,58)(H,54,57)/t36-,38+,39+,40+/m1/s1. The first-order valence-corrected chi connectivity index (χ1v) is 21.5. The molecule has 0 spiro atoms. The number of carbonyl (C=O) groups excluding carboxylic acids is 5. The van der Waals surface area contributed by atoms with Crippen molar-refractivity contribution in [3.8, 4) is 11.5 Å². The van der Waals surface area contributed by atoms with Gasteiger partial charge in [-0.2, -0.15) is 0 Å². The molecule has 0 saturated carbocycles. The summed E-state index contributed by atoms with van der Waals surface area (Å²) in [5, 5.41) is 6.36. The van der Waals surface area contributed by atoms with Crippen LogP contribution in [0.5, 0.6) is 11.5 Å². The van der Waals surface area contributed by atoms with Gasteiger partial charge in [0, 0.05) is 29.9 Å². The second-order valence-corrected chi connectivity index (χ2v) is 18.8. The lowest BCUT2D eigenvalue weighted by molar-refractivity contribution is -0.143. The van der Waals surface area contributed by atoms with E-state index in [1.54, 1.807) is 63.4 Å². The first kappa shape index (κ1) is 49.7. The zero-order valence-corrected chi connectivity index (χ0v) is 38.2. The van der Waals surface area contributed by atoms with E-state index >= 15 is 4.79 Å². The molecule has 4 aromatic rings. The van der Waals surface area contributed by atoms with Crippen molar-refractivity contribution in [1.82, 2.24) is 20.5 Å².